The molecule has 1 heterocycles. The van der Waals surface area contributed by atoms with E-state index in [1.54, 1.807) is 0 Å². The van der Waals surface area contributed by atoms with Crippen LogP contribution in [0, 0.1) is 6.92 Å². The number of hydrogen-bond donors (Lipinski definition) is 0. The summed E-state index contributed by atoms with van der Waals surface area (Å²) in [7, 11) is 0. The van der Waals surface area contributed by atoms with Crippen LogP contribution in [0.4, 0.5) is 0 Å². The second-order valence-electron chi connectivity index (χ2n) is 5.19. The fourth-order valence-corrected chi connectivity index (χ4v) is 3.21. The lowest BCUT2D eigenvalue weighted by molar-refractivity contribution is -0.192. The van der Waals surface area contributed by atoms with Gasteiger partial charge in [-0.05, 0) is 25.8 Å². The molecule has 1 saturated heterocycles. The molecule has 0 amide bonds. The Kier molecular flexibility index (Phi) is 3.35. The van der Waals surface area contributed by atoms with Gasteiger partial charge in [-0.2, -0.15) is 0 Å². The van der Waals surface area contributed by atoms with Crippen LogP contribution in [-0.2, 0) is 9.47 Å². The number of rotatable bonds is 1. The highest BCUT2D eigenvalue weighted by atomic mass is 35.5. The van der Waals surface area contributed by atoms with Gasteiger partial charge in [-0.15, -0.1) is 0 Å². The van der Waals surface area contributed by atoms with Gasteiger partial charge in [-0.25, -0.2) is 0 Å². The molecule has 18 heavy (non-hydrogen) atoms. The van der Waals surface area contributed by atoms with Gasteiger partial charge in [0.15, 0.2) is 5.79 Å². The zero-order chi connectivity index (χ0) is 12.6. The minimum atomic E-state index is -0.408. The molecule has 1 aliphatic heterocycles. The van der Waals surface area contributed by atoms with E-state index >= 15 is 0 Å². The predicted molar refractivity (Wildman–Crippen MR) is 71.3 cm³/mol. The molecule has 1 aromatic carbocycles. The van der Waals surface area contributed by atoms with Gasteiger partial charge in [0.1, 0.15) is 6.10 Å². The van der Waals surface area contributed by atoms with E-state index in [0.29, 0.717) is 0 Å². The Labute approximate surface area is 113 Å². The summed E-state index contributed by atoms with van der Waals surface area (Å²) >= 11 is 6.23. The third-order valence-corrected chi connectivity index (χ3v) is 4.22. The van der Waals surface area contributed by atoms with Crippen LogP contribution in [0.15, 0.2) is 24.3 Å². The summed E-state index contributed by atoms with van der Waals surface area (Å²) in [5.74, 6) is -0.408. The van der Waals surface area contributed by atoms with Crippen LogP contribution in [0.2, 0.25) is 5.02 Å². The van der Waals surface area contributed by atoms with Gasteiger partial charge in [0, 0.05) is 23.4 Å². The van der Waals surface area contributed by atoms with Crippen molar-refractivity contribution in [3.8, 4) is 0 Å². The van der Waals surface area contributed by atoms with E-state index in [2.05, 4.69) is 6.92 Å². The molecule has 2 aliphatic rings. The third kappa shape index (κ3) is 2.18. The lowest BCUT2D eigenvalue weighted by Gasteiger charge is -2.31. The van der Waals surface area contributed by atoms with Crippen molar-refractivity contribution in [3.05, 3.63) is 41.8 Å². The number of benzene rings is 1. The van der Waals surface area contributed by atoms with Crippen molar-refractivity contribution in [1.82, 2.24) is 0 Å². The van der Waals surface area contributed by atoms with Crippen LogP contribution < -0.4 is 0 Å². The molecule has 2 nitrogen and oxygen atoms in total. The first-order valence-corrected chi connectivity index (χ1v) is 7.01. The Balaban J connectivity index is 1.84. The highest BCUT2D eigenvalue weighted by Gasteiger charge is 2.47. The van der Waals surface area contributed by atoms with Gasteiger partial charge in [0.05, 0.1) is 6.10 Å². The van der Waals surface area contributed by atoms with Gasteiger partial charge in [-0.1, -0.05) is 36.2 Å². The van der Waals surface area contributed by atoms with Gasteiger partial charge < -0.3 is 9.47 Å². The highest BCUT2D eigenvalue weighted by Crippen LogP contribution is 2.46. The standard InChI is InChI=1S/C15H18ClO2/c1-11-14(12-7-3-4-8-13(12)16)18-15(17-11)9-5-2-6-10-15/h3-4,7-8,11,14H,1-2,5-6,9-10H2/t11-,14+/m0/s1. The van der Waals surface area contributed by atoms with Crippen molar-refractivity contribution >= 4 is 11.6 Å². The van der Waals surface area contributed by atoms with Crippen molar-refractivity contribution in [2.45, 2.75) is 50.1 Å². The van der Waals surface area contributed by atoms with Gasteiger partial charge in [0.2, 0.25) is 0 Å². The second-order valence-corrected chi connectivity index (χ2v) is 5.59. The normalized spacial score (nSPS) is 30.8. The molecule has 2 atom stereocenters. The lowest BCUT2D eigenvalue weighted by Crippen LogP contribution is -2.33. The molecule has 1 aliphatic carbocycles. The van der Waals surface area contributed by atoms with Crippen molar-refractivity contribution in [2.24, 2.45) is 0 Å². The number of ether oxygens (including phenoxy) is 2. The zero-order valence-corrected chi connectivity index (χ0v) is 11.2. The maximum Gasteiger partial charge on any atom is 0.169 e. The smallest absolute Gasteiger partial charge is 0.169 e. The topological polar surface area (TPSA) is 18.5 Å². The molecule has 0 unspecified atom stereocenters. The molecular weight excluding hydrogens is 248 g/mol. The number of hydrogen-bond acceptors (Lipinski definition) is 2. The Morgan fingerprint density at radius 1 is 1.11 bits per heavy atom. The van der Waals surface area contributed by atoms with Crippen LogP contribution in [-0.4, -0.2) is 11.9 Å². The number of halogens is 1. The van der Waals surface area contributed by atoms with Crippen molar-refractivity contribution in [3.63, 3.8) is 0 Å². The first-order valence-electron chi connectivity index (χ1n) is 6.63. The minimum absolute atomic E-state index is 0.142. The van der Waals surface area contributed by atoms with Crippen LogP contribution >= 0.6 is 11.6 Å². The van der Waals surface area contributed by atoms with E-state index < -0.39 is 5.79 Å². The van der Waals surface area contributed by atoms with E-state index in [0.717, 1.165) is 23.4 Å². The van der Waals surface area contributed by atoms with E-state index in [9.17, 15) is 0 Å². The van der Waals surface area contributed by atoms with E-state index in [4.69, 9.17) is 21.1 Å². The molecule has 1 radical (unpaired) electrons. The van der Waals surface area contributed by atoms with Gasteiger partial charge in [0.25, 0.3) is 0 Å². The molecular formula is C15H18ClO2. The molecule has 0 bridgehead atoms. The fourth-order valence-electron chi connectivity index (χ4n) is 2.97. The quantitative estimate of drug-likeness (QED) is 0.754. The molecule has 3 rings (SSSR count). The second kappa shape index (κ2) is 4.84. The molecule has 3 heteroatoms. The summed E-state index contributed by atoms with van der Waals surface area (Å²) in [5.41, 5.74) is 0.988. The Morgan fingerprint density at radius 2 is 1.83 bits per heavy atom. The SMILES string of the molecule is [CH2][C@@H]1OC2(CCCCC2)O[C@H]1c1ccccc1Cl. The summed E-state index contributed by atoms with van der Waals surface area (Å²) in [6.07, 6.45) is 5.23. The molecule has 1 saturated carbocycles. The summed E-state index contributed by atoms with van der Waals surface area (Å²) in [6, 6.07) is 7.79. The van der Waals surface area contributed by atoms with E-state index in [1.807, 2.05) is 24.3 Å². The first-order chi connectivity index (χ1) is 8.70. The van der Waals surface area contributed by atoms with E-state index in [-0.39, 0.29) is 12.2 Å². The zero-order valence-electron chi connectivity index (χ0n) is 10.4. The maximum absolute atomic E-state index is 6.23. The van der Waals surface area contributed by atoms with Crippen molar-refractivity contribution < 1.29 is 9.47 Å². The Bertz CT molecular complexity index is 426. The lowest BCUT2D eigenvalue weighted by atomic mass is 9.94. The average Bonchev–Trinajstić information content (AvgIpc) is 2.67. The van der Waals surface area contributed by atoms with Crippen molar-refractivity contribution in [1.29, 1.82) is 0 Å². The monoisotopic (exact) mass is 265 g/mol. The van der Waals surface area contributed by atoms with Crippen LogP contribution in [0.1, 0.15) is 43.8 Å². The van der Waals surface area contributed by atoms with Gasteiger partial charge >= 0.3 is 0 Å². The maximum atomic E-state index is 6.23. The fraction of sp³-hybridized carbons (Fsp3) is 0.533. The summed E-state index contributed by atoms with van der Waals surface area (Å²) in [6.45, 7) is 4.08. The molecule has 1 aromatic rings. The van der Waals surface area contributed by atoms with Crippen LogP contribution in [0.5, 0.6) is 0 Å². The summed E-state index contributed by atoms with van der Waals surface area (Å²) in [4.78, 5) is 0. The van der Waals surface area contributed by atoms with E-state index in [1.165, 1.54) is 19.3 Å². The molecule has 0 N–H and O–H groups in total. The third-order valence-electron chi connectivity index (χ3n) is 3.87. The largest absolute Gasteiger partial charge is 0.344 e. The Hall–Kier alpha value is -0.570. The predicted octanol–water partition coefficient (Wildman–Crippen LogP) is 4.29. The highest BCUT2D eigenvalue weighted by molar-refractivity contribution is 6.31. The Morgan fingerprint density at radius 3 is 2.56 bits per heavy atom. The summed E-state index contributed by atoms with van der Waals surface area (Å²) in [5, 5.41) is 0.729. The van der Waals surface area contributed by atoms with Crippen LogP contribution in [0.3, 0.4) is 0 Å². The molecule has 1 spiro atoms. The van der Waals surface area contributed by atoms with Crippen LogP contribution in [0.25, 0.3) is 0 Å². The molecule has 0 aromatic heterocycles. The average molecular weight is 266 g/mol. The molecule has 97 valence electrons. The van der Waals surface area contributed by atoms with Crippen molar-refractivity contribution in [2.75, 3.05) is 0 Å². The minimum Gasteiger partial charge on any atom is -0.344 e. The van der Waals surface area contributed by atoms with Gasteiger partial charge in [-0.3, -0.25) is 0 Å². The molecule has 2 fully saturated rings. The summed E-state index contributed by atoms with van der Waals surface area (Å²) < 4.78 is 12.2. The first kappa shape index (κ1) is 12.5.